The van der Waals surface area contributed by atoms with Gasteiger partial charge in [-0.05, 0) is 60.8 Å². The fourth-order valence-electron chi connectivity index (χ4n) is 8.14. The Labute approximate surface area is 221 Å². The number of carbonyl (C=O) groups excluding carboxylic acids is 3. The standard InChI is InChI=1S/C30H44N2O5/c1-28-14-23-15-29(2,19-28)21-30(16-23,20-28)31-25(33)11-12-26(34)37-24(17-32(3,4)5)13-27(35)36-18-22-9-7-6-8-10-22/h6-10,23-24H,11-21H2,1-5H3/p+1/t23?,24-,28?,29?,30?/m0/s1. The Bertz CT molecular complexity index is 983. The molecular formula is C30H45N2O5+. The summed E-state index contributed by atoms with van der Waals surface area (Å²) in [5, 5.41) is 3.36. The number of rotatable bonds is 11. The van der Waals surface area contributed by atoms with Gasteiger partial charge in [0.05, 0.1) is 34.0 Å². The second-order valence-corrected chi connectivity index (χ2v) is 13.9. The summed E-state index contributed by atoms with van der Waals surface area (Å²) in [6.07, 6.45) is 6.43. The topological polar surface area (TPSA) is 81.7 Å². The predicted octanol–water partition coefficient (Wildman–Crippen LogP) is 4.38. The van der Waals surface area contributed by atoms with Crippen molar-refractivity contribution in [2.75, 3.05) is 27.7 Å². The van der Waals surface area contributed by atoms with Gasteiger partial charge in [0.25, 0.3) is 0 Å². The lowest BCUT2D eigenvalue weighted by Crippen LogP contribution is -2.65. The van der Waals surface area contributed by atoms with Crippen molar-refractivity contribution in [3.63, 3.8) is 0 Å². The minimum absolute atomic E-state index is 0.00653. The van der Waals surface area contributed by atoms with Gasteiger partial charge in [-0.1, -0.05) is 44.2 Å². The minimum Gasteiger partial charge on any atom is -0.461 e. The van der Waals surface area contributed by atoms with Crippen LogP contribution < -0.4 is 5.32 Å². The van der Waals surface area contributed by atoms with E-state index in [4.69, 9.17) is 9.47 Å². The molecule has 1 aromatic rings. The van der Waals surface area contributed by atoms with E-state index < -0.39 is 18.0 Å². The van der Waals surface area contributed by atoms with Crippen molar-refractivity contribution in [1.29, 1.82) is 0 Å². The van der Waals surface area contributed by atoms with Gasteiger partial charge in [-0.25, -0.2) is 0 Å². The molecule has 0 spiro atoms. The summed E-state index contributed by atoms with van der Waals surface area (Å²) in [5.74, 6) is -0.239. The fraction of sp³-hybridized carbons (Fsp3) is 0.700. The van der Waals surface area contributed by atoms with Crippen molar-refractivity contribution in [2.24, 2.45) is 16.7 Å². The van der Waals surface area contributed by atoms with Gasteiger partial charge < -0.3 is 19.3 Å². The molecule has 1 amide bonds. The lowest BCUT2D eigenvalue weighted by Gasteiger charge is -2.65. The fourth-order valence-corrected chi connectivity index (χ4v) is 8.14. The summed E-state index contributed by atoms with van der Waals surface area (Å²) in [6.45, 7) is 5.42. The zero-order valence-electron chi connectivity index (χ0n) is 23.3. The molecule has 2 unspecified atom stereocenters. The summed E-state index contributed by atoms with van der Waals surface area (Å²) in [5.41, 5.74) is 1.41. The first-order chi connectivity index (χ1) is 17.2. The first kappa shape index (κ1) is 27.6. The Balaban J connectivity index is 1.26. The Morgan fingerprint density at radius 2 is 1.59 bits per heavy atom. The van der Waals surface area contributed by atoms with Crippen molar-refractivity contribution >= 4 is 17.8 Å². The molecule has 204 valence electrons. The SMILES string of the molecule is CC12CC3CC(C)(C1)CC(NC(=O)CCC(=O)O[C@@H](CC(=O)OCc1ccccc1)C[N+](C)(C)C)(C3)C2. The van der Waals surface area contributed by atoms with Gasteiger partial charge in [0, 0.05) is 12.0 Å². The molecule has 4 saturated carbocycles. The van der Waals surface area contributed by atoms with E-state index in [2.05, 4.69) is 19.2 Å². The van der Waals surface area contributed by atoms with Crippen LogP contribution in [-0.2, 0) is 30.5 Å². The summed E-state index contributed by atoms with van der Waals surface area (Å²) < 4.78 is 11.6. The van der Waals surface area contributed by atoms with Crippen molar-refractivity contribution < 1.29 is 28.3 Å². The monoisotopic (exact) mass is 513 g/mol. The van der Waals surface area contributed by atoms with Crippen molar-refractivity contribution in [1.82, 2.24) is 5.32 Å². The largest absolute Gasteiger partial charge is 0.461 e. The summed E-state index contributed by atoms with van der Waals surface area (Å²) >= 11 is 0. The number of nitrogens with zero attached hydrogens (tertiary/aromatic N) is 1. The normalized spacial score (nSPS) is 31.0. The Morgan fingerprint density at radius 3 is 2.19 bits per heavy atom. The number of nitrogens with one attached hydrogen (secondary N) is 1. The van der Waals surface area contributed by atoms with Crippen LogP contribution in [0.25, 0.3) is 0 Å². The van der Waals surface area contributed by atoms with Gasteiger partial charge in [-0.2, -0.15) is 0 Å². The lowest BCUT2D eigenvalue weighted by atomic mass is 9.43. The molecule has 3 atom stereocenters. The van der Waals surface area contributed by atoms with Crippen molar-refractivity contribution in [3.05, 3.63) is 35.9 Å². The average Bonchev–Trinajstić information content (AvgIpc) is 2.73. The van der Waals surface area contributed by atoms with Crippen LogP contribution in [0.3, 0.4) is 0 Å². The summed E-state index contributed by atoms with van der Waals surface area (Å²) in [4.78, 5) is 38.1. The van der Waals surface area contributed by atoms with Gasteiger partial charge in [-0.3, -0.25) is 14.4 Å². The molecule has 4 aliphatic carbocycles. The number of likely N-dealkylation sites (N-methyl/N-ethyl adjacent to an activating group) is 1. The Hall–Kier alpha value is -2.41. The molecule has 7 heteroatoms. The molecule has 1 N–H and O–H groups in total. The molecule has 4 fully saturated rings. The third kappa shape index (κ3) is 7.56. The first-order valence-electron chi connectivity index (χ1n) is 13.8. The van der Waals surface area contributed by atoms with E-state index >= 15 is 0 Å². The van der Waals surface area contributed by atoms with Gasteiger partial charge in [-0.15, -0.1) is 0 Å². The molecule has 0 aliphatic heterocycles. The zero-order chi connectivity index (χ0) is 26.9. The van der Waals surface area contributed by atoms with Crippen LogP contribution in [0.15, 0.2) is 30.3 Å². The zero-order valence-corrected chi connectivity index (χ0v) is 23.3. The van der Waals surface area contributed by atoms with E-state index in [1.807, 2.05) is 51.5 Å². The highest BCUT2D eigenvalue weighted by Gasteiger charge is 2.60. The van der Waals surface area contributed by atoms with Gasteiger partial charge in [0.1, 0.15) is 13.2 Å². The van der Waals surface area contributed by atoms with Crippen LogP contribution in [0.1, 0.15) is 77.2 Å². The molecule has 0 heterocycles. The minimum atomic E-state index is -0.609. The van der Waals surface area contributed by atoms with Crippen LogP contribution in [0.4, 0.5) is 0 Å². The molecule has 0 aromatic heterocycles. The highest BCUT2D eigenvalue weighted by atomic mass is 16.6. The molecule has 4 aliphatic rings. The molecule has 5 rings (SSSR count). The van der Waals surface area contributed by atoms with Crippen LogP contribution in [0, 0.1) is 16.7 Å². The van der Waals surface area contributed by atoms with E-state index in [1.54, 1.807) is 0 Å². The number of hydrogen-bond donors (Lipinski definition) is 1. The second-order valence-electron chi connectivity index (χ2n) is 13.9. The number of esters is 2. The second kappa shape index (κ2) is 10.4. The molecule has 0 radical (unpaired) electrons. The number of quaternary nitrogens is 1. The first-order valence-corrected chi connectivity index (χ1v) is 13.8. The Kier molecular flexibility index (Phi) is 7.76. The quantitative estimate of drug-likeness (QED) is 0.351. The molecule has 1 aromatic carbocycles. The average molecular weight is 514 g/mol. The van der Waals surface area contributed by atoms with Crippen LogP contribution in [0.2, 0.25) is 0 Å². The predicted molar refractivity (Wildman–Crippen MR) is 141 cm³/mol. The van der Waals surface area contributed by atoms with Gasteiger partial charge in [0.2, 0.25) is 5.91 Å². The molecule has 0 saturated heterocycles. The van der Waals surface area contributed by atoms with Crippen molar-refractivity contribution in [2.45, 2.75) is 89.9 Å². The van der Waals surface area contributed by atoms with E-state index in [-0.39, 0.29) is 37.3 Å². The highest BCUT2D eigenvalue weighted by Crippen LogP contribution is 2.66. The number of ether oxygens (including phenoxy) is 2. The van der Waals surface area contributed by atoms with E-state index in [1.165, 1.54) is 19.3 Å². The van der Waals surface area contributed by atoms with Gasteiger partial charge >= 0.3 is 11.9 Å². The van der Waals surface area contributed by atoms with E-state index in [9.17, 15) is 14.4 Å². The maximum Gasteiger partial charge on any atom is 0.310 e. The number of hydrogen-bond acceptors (Lipinski definition) is 5. The third-order valence-electron chi connectivity index (χ3n) is 8.27. The number of carbonyl (C=O) groups is 3. The van der Waals surface area contributed by atoms with E-state index in [0.29, 0.717) is 27.8 Å². The van der Waals surface area contributed by atoms with Crippen LogP contribution in [-0.4, -0.2) is 61.7 Å². The maximum atomic E-state index is 13.0. The summed E-state index contributed by atoms with van der Waals surface area (Å²) in [7, 11) is 5.95. The van der Waals surface area contributed by atoms with Crippen LogP contribution in [0.5, 0.6) is 0 Å². The molecular weight excluding hydrogens is 468 g/mol. The Morgan fingerprint density at radius 1 is 0.946 bits per heavy atom. The lowest BCUT2D eigenvalue weighted by molar-refractivity contribution is -0.873. The highest BCUT2D eigenvalue weighted by molar-refractivity contribution is 5.82. The van der Waals surface area contributed by atoms with Gasteiger partial charge in [0.15, 0.2) is 6.10 Å². The van der Waals surface area contributed by atoms with Crippen molar-refractivity contribution in [3.8, 4) is 0 Å². The molecule has 4 bridgehead atoms. The van der Waals surface area contributed by atoms with Crippen LogP contribution >= 0.6 is 0 Å². The smallest absolute Gasteiger partial charge is 0.310 e. The van der Waals surface area contributed by atoms with E-state index in [0.717, 1.165) is 24.8 Å². The molecule has 7 nitrogen and oxygen atoms in total. The summed E-state index contributed by atoms with van der Waals surface area (Å²) in [6, 6.07) is 9.49. The maximum absolute atomic E-state index is 13.0. The third-order valence-corrected chi connectivity index (χ3v) is 8.27. The number of amides is 1. The number of benzene rings is 1. The molecule has 37 heavy (non-hydrogen) atoms.